The van der Waals surface area contributed by atoms with Crippen LogP contribution in [0.5, 0.6) is 11.5 Å². The van der Waals surface area contributed by atoms with Gasteiger partial charge in [0.2, 0.25) is 5.91 Å². The third-order valence-electron chi connectivity index (χ3n) is 8.08. The quantitative estimate of drug-likeness (QED) is 0.0419. The van der Waals surface area contributed by atoms with E-state index in [9.17, 15) is 29.6 Å². The normalized spacial score (nSPS) is 12.7. The number of ether oxygens (including phenoxy) is 2. The first-order valence-corrected chi connectivity index (χ1v) is 14.6. The topological polar surface area (TPSA) is 173 Å². The molecule has 3 aromatic carbocycles. The van der Waals surface area contributed by atoms with Crippen molar-refractivity contribution in [3.63, 3.8) is 0 Å². The number of H-pyrrole nitrogens is 1. The zero-order valence-electron chi connectivity index (χ0n) is 25.2. The maximum absolute atomic E-state index is 13.3. The number of phenolic OH excluding ortho intramolecular Hbond substituents is 1. The number of carbonyl (C=O) groups is 2. The minimum Gasteiger partial charge on any atom is -0.507 e. The van der Waals surface area contributed by atoms with Gasteiger partial charge < -0.3 is 30.2 Å². The van der Waals surface area contributed by atoms with Gasteiger partial charge in [-0.05, 0) is 56.9 Å². The second kappa shape index (κ2) is 13.1. The minimum atomic E-state index is -0.551. The molecule has 4 N–H and O–H groups in total. The zero-order valence-corrected chi connectivity index (χ0v) is 25.2. The summed E-state index contributed by atoms with van der Waals surface area (Å²) in [5, 5.41) is 29.1. The molecule has 0 unspecified atom stereocenters. The van der Waals surface area contributed by atoms with E-state index >= 15 is 0 Å². The van der Waals surface area contributed by atoms with Crippen LogP contribution in [-0.4, -0.2) is 47.1 Å². The van der Waals surface area contributed by atoms with Crippen LogP contribution in [0, 0.1) is 17.0 Å². The number of aromatic amines is 1. The summed E-state index contributed by atoms with van der Waals surface area (Å²) in [6.45, 7) is 4.66. The number of allylic oxidation sites excluding steroid dienone is 2. The molecule has 0 aliphatic carbocycles. The van der Waals surface area contributed by atoms with E-state index < -0.39 is 10.9 Å². The van der Waals surface area contributed by atoms with Gasteiger partial charge in [0.25, 0.3) is 5.69 Å². The van der Waals surface area contributed by atoms with Crippen LogP contribution < -0.4 is 20.8 Å². The van der Waals surface area contributed by atoms with Crippen molar-refractivity contribution in [2.45, 2.75) is 46.1 Å². The number of fused-ring (bicyclic) bond motifs is 3. The third-order valence-corrected chi connectivity index (χ3v) is 8.08. The van der Waals surface area contributed by atoms with Crippen molar-refractivity contribution in [2.75, 3.05) is 25.5 Å². The number of nitrogens with one attached hydrogen (secondary N) is 3. The fourth-order valence-electron chi connectivity index (χ4n) is 5.66. The number of esters is 1. The number of aromatic hydroxyl groups is 1. The fraction of sp³-hybridized carbons (Fsp3) is 0.303. The number of carbonyl (C=O) groups excluding carboxylic acids is 2. The molecule has 1 aliphatic heterocycles. The maximum Gasteiger partial charge on any atom is 0.342 e. The first kappa shape index (κ1) is 31.0. The molecule has 0 fully saturated rings. The number of hydrogen-bond donors (Lipinski definition) is 4. The molecule has 12 heteroatoms. The van der Waals surface area contributed by atoms with Crippen LogP contribution >= 0.6 is 0 Å². The summed E-state index contributed by atoms with van der Waals surface area (Å²) in [4.78, 5) is 52.0. The average Bonchev–Trinajstić information content (AvgIpc) is 3.42. The van der Waals surface area contributed by atoms with Crippen molar-refractivity contribution in [2.24, 2.45) is 0 Å². The Balaban J connectivity index is 1.14. The van der Waals surface area contributed by atoms with Crippen LogP contribution in [0.1, 0.15) is 53.2 Å². The van der Waals surface area contributed by atoms with Gasteiger partial charge in [0.1, 0.15) is 29.2 Å². The number of cyclic esters (lactones) is 1. The van der Waals surface area contributed by atoms with Gasteiger partial charge in [0.05, 0.1) is 17.4 Å². The molecule has 5 rings (SSSR count). The van der Waals surface area contributed by atoms with Gasteiger partial charge in [-0.15, -0.1) is 0 Å². The van der Waals surface area contributed by atoms with E-state index in [2.05, 4.69) is 15.6 Å². The van der Waals surface area contributed by atoms with E-state index in [-0.39, 0.29) is 52.3 Å². The summed E-state index contributed by atoms with van der Waals surface area (Å²) in [6, 6.07) is 9.77. The van der Waals surface area contributed by atoms with Crippen molar-refractivity contribution in [1.29, 1.82) is 0 Å². The summed E-state index contributed by atoms with van der Waals surface area (Å²) >= 11 is 0. The molecule has 0 radical (unpaired) electrons. The summed E-state index contributed by atoms with van der Waals surface area (Å²) in [5.74, 6) is -0.293. The van der Waals surface area contributed by atoms with E-state index in [1.165, 1.54) is 19.2 Å². The number of pyridine rings is 1. The maximum atomic E-state index is 13.3. The average molecular weight is 615 g/mol. The minimum absolute atomic E-state index is 0.107. The largest absolute Gasteiger partial charge is 0.507 e. The smallest absolute Gasteiger partial charge is 0.342 e. The van der Waals surface area contributed by atoms with Crippen LogP contribution in [0.15, 0.2) is 52.8 Å². The second-order valence-electron chi connectivity index (χ2n) is 10.9. The number of aromatic nitrogens is 1. The number of phenols is 1. The Morgan fingerprint density at radius 3 is 2.71 bits per heavy atom. The number of nitrogens with zero attached hydrogens (tertiary/aromatic N) is 1. The highest BCUT2D eigenvalue weighted by Gasteiger charge is 2.32. The van der Waals surface area contributed by atoms with Crippen molar-refractivity contribution in [3.8, 4) is 11.5 Å². The van der Waals surface area contributed by atoms with E-state index in [1.54, 1.807) is 24.3 Å². The number of rotatable bonds is 12. The lowest BCUT2D eigenvalue weighted by Crippen LogP contribution is -2.25. The van der Waals surface area contributed by atoms with Gasteiger partial charge >= 0.3 is 5.97 Å². The fourth-order valence-corrected chi connectivity index (χ4v) is 5.66. The Morgan fingerprint density at radius 2 is 1.96 bits per heavy atom. The third kappa shape index (κ3) is 6.17. The highest BCUT2D eigenvalue weighted by molar-refractivity contribution is 6.03. The number of nitro groups is 1. The standard InChI is InChI=1S/C33H34N4O8/c1-18(9-11-21-31(40)27-22(17-45-33(27)41)19(2)32(21)44-3)10-14-26(38)35-16-6-15-34-24-12-13-25(37(42)43)29-28(24)30(39)20-7-4-5-8-23(20)36-29/h4-5,7-9,12-13,34,40H,6,10-11,14-17H2,1-3H3,(H,35,38)(H,36,39)/b18-9+. The molecular weight excluding hydrogens is 580 g/mol. The van der Waals surface area contributed by atoms with Crippen LogP contribution in [-0.2, 0) is 22.6 Å². The molecule has 45 heavy (non-hydrogen) atoms. The lowest BCUT2D eigenvalue weighted by atomic mass is 9.94. The Morgan fingerprint density at radius 1 is 1.18 bits per heavy atom. The van der Waals surface area contributed by atoms with Gasteiger partial charge in [-0.1, -0.05) is 23.8 Å². The number of hydrogen-bond acceptors (Lipinski definition) is 9. The number of nitro benzene ring substituents is 1. The monoisotopic (exact) mass is 614 g/mol. The Kier molecular flexibility index (Phi) is 9.03. The second-order valence-corrected chi connectivity index (χ2v) is 10.9. The molecule has 0 saturated carbocycles. The van der Waals surface area contributed by atoms with Crippen LogP contribution in [0.4, 0.5) is 11.4 Å². The molecule has 1 aliphatic rings. The highest BCUT2D eigenvalue weighted by atomic mass is 16.6. The predicted octanol–water partition coefficient (Wildman–Crippen LogP) is 5.17. The summed E-state index contributed by atoms with van der Waals surface area (Å²) in [5.41, 5.74) is 3.69. The van der Waals surface area contributed by atoms with Crippen LogP contribution in [0.2, 0.25) is 0 Å². The van der Waals surface area contributed by atoms with Crippen LogP contribution in [0.25, 0.3) is 21.8 Å². The lowest BCUT2D eigenvalue weighted by molar-refractivity contribution is -0.383. The highest BCUT2D eigenvalue weighted by Crippen LogP contribution is 2.42. The first-order valence-electron chi connectivity index (χ1n) is 14.6. The van der Waals surface area contributed by atoms with Gasteiger partial charge in [0, 0.05) is 53.3 Å². The Bertz CT molecular complexity index is 1930. The van der Waals surface area contributed by atoms with Crippen LogP contribution in [0.3, 0.4) is 0 Å². The summed E-state index contributed by atoms with van der Waals surface area (Å²) < 4.78 is 10.6. The van der Waals surface area contributed by atoms with Gasteiger partial charge in [-0.2, -0.15) is 0 Å². The van der Waals surface area contributed by atoms with Gasteiger partial charge in [-0.25, -0.2) is 4.79 Å². The zero-order chi connectivity index (χ0) is 32.2. The summed E-state index contributed by atoms with van der Waals surface area (Å²) in [6.07, 6.45) is 3.56. The molecule has 234 valence electrons. The molecule has 2 heterocycles. The van der Waals surface area contributed by atoms with Gasteiger partial charge in [-0.3, -0.25) is 19.7 Å². The first-order chi connectivity index (χ1) is 21.6. The number of para-hydroxylation sites is 1. The van der Waals surface area contributed by atoms with E-state index in [0.29, 0.717) is 65.8 Å². The Labute approximate surface area is 258 Å². The molecule has 0 saturated heterocycles. The molecule has 0 spiro atoms. The predicted molar refractivity (Wildman–Crippen MR) is 170 cm³/mol. The van der Waals surface area contributed by atoms with Crippen molar-refractivity contribution < 1.29 is 29.1 Å². The van der Waals surface area contributed by atoms with E-state index in [4.69, 9.17) is 9.47 Å². The molecule has 4 aromatic rings. The number of methoxy groups -OCH3 is 1. The summed E-state index contributed by atoms with van der Waals surface area (Å²) in [7, 11) is 1.52. The SMILES string of the molecule is COc1c(C)c2c(c(O)c1C/C=C(\C)CCC(=O)NCCCNc1ccc([N+](=O)[O-])c3[nH]c4ccccc4c(=O)c13)C(=O)OC2. The van der Waals surface area contributed by atoms with Crippen molar-refractivity contribution in [1.82, 2.24) is 10.3 Å². The molecule has 0 bridgehead atoms. The lowest BCUT2D eigenvalue weighted by Gasteiger charge is -2.15. The van der Waals surface area contributed by atoms with Gasteiger partial charge in [0.15, 0.2) is 5.43 Å². The van der Waals surface area contributed by atoms with Crippen molar-refractivity contribution >= 4 is 45.1 Å². The molecular formula is C33H34N4O8. The Hall–Kier alpha value is -5.39. The number of benzene rings is 3. The van der Waals surface area contributed by atoms with E-state index in [0.717, 1.165) is 11.1 Å². The molecule has 1 amide bonds. The molecule has 0 atom stereocenters. The number of anilines is 1. The molecule has 1 aromatic heterocycles. The van der Waals surface area contributed by atoms with Crippen molar-refractivity contribution in [3.05, 3.63) is 90.6 Å². The van der Waals surface area contributed by atoms with E-state index in [1.807, 2.05) is 19.9 Å². The molecule has 12 nitrogen and oxygen atoms in total. The number of non-ortho nitro benzene ring substituents is 1. The number of amides is 1.